The van der Waals surface area contributed by atoms with Gasteiger partial charge in [0.25, 0.3) is 0 Å². The summed E-state index contributed by atoms with van der Waals surface area (Å²) in [5.74, 6) is -5.28. The summed E-state index contributed by atoms with van der Waals surface area (Å²) >= 11 is 0. The Labute approximate surface area is 115 Å². The summed E-state index contributed by atoms with van der Waals surface area (Å²) in [5, 5.41) is 7.25. The fraction of sp³-hybridized carbons (Fsp3) is 0. The van der Waals surface area contributed by atoms with Crippen molar-refractivity contribution in [1.82, 2.24) is 0 Å². The van der Waals surface area contributed by atoms with Crippen molar-refractivity contribution in [3.8, 4) is 5.75 Å². The molecule has 1 N–H and O–H groups in total. The van der Waals surface area contributed by atoms with E-state index in [0.717, 1.165) is 0 Å². The molecule has 0 aliphatic carbocycles. The van der Waals surface area contributed by atoms with Crippen LogP contribution in [-0.2, 0) is 0 Å². The molecule has 2 rings (SSSR count). The van der Waals surface area contributed by atoms with E-state index in [-0.39, 0.29) is 5.75 Å². The van der Waals surface area contributed by atoms with Crippen molar-refractivity contribution in [2.45, 2.75) is 0 Å². The molecule has 0 fully saturated rings. The number of carbonyl (C=O) groups excluding carboxylic acids is 1. The van der Waals surface area contributed by atoms with Gasteiger partial charge in [0.05, 0.1) is 5.56 Å². The second kappa shape index (κ2) is 7.22. The van der Waals surface area contributed by atoms with Crippen molar-refractivity contribution in [3.63, 3.8) is 0 Å². The summed E-state index contributed by atoms with van der Waals surface area (Å²) in [7, 11) is 0. The van der Waals surface area contributed by atoms with Gasteiger partial charge in [-0.25, -0.2) is 13.2 Å². The van der Waals surface area contributed by atoms with E-state index in [9.17, 15) is 26.9 Å². The molecule has 0 radical (unpaired) electrons. The van der Waals surface area contributed by atoms with Crippen molar-refractivity contribution in [1.29, 1.82) is 0 Å². The topological polar surface area (TPSA) is 40.5 Å². The molecule has 0 saturated heterocycles. The molecule has 21 heavy (non-hydrogen) atoms. The number of carbonyl (C=O) groups is 1. The molecular formula is C13H8F5NO2. The molecule has 0 aliphatic heterocycles. The van der Waals surface area contributed by atoms with Crippen LogP contribution in [0.1, 0.15) is 10.4 Å². The largest absolute Gasteiger partial charge is 0.507 e. The molecule has 0 unspecified atom stereocenters. The normalized spacial score (nSPS) is 9.57. The lowest BCUT2D eigenvalue weighted by Crippen LogP contribution is -2.02. The highest BCUT2D eigenvalue weighted by Crippen LogP contribution is 2.23. The van der Waals surface area contributed by atoms with E-state index in [0.29, 0.717) is 24.0 Å². The number of halogens is 5. The lowest BCUT2D eigenvalue weighted by atomic mass is 10.2. The Morgan fingerprint density at radius 2 is 1.57 bits per heavy atom. The third-order valence-electron chi connectivity index (χ3n) is 2.26. The maximum Gasteiger partial charge on any atom is 0.196 e. The highest BCUT2D eigenvalue weighted by atomic mass is 19.4. The van der Waals surface area contributed by atoms with Gasteiger partial charge in [0.15, 0.2) is 23.7 Å². The third-order valence-corrected chi connectivity index (χ3v) is 2.26. The SMILES string of the molecule is Fc1ccc(N(F)F)c(F)c1F.O=Cc1ccccc1O. The minimum atomic E-state index is -1.91. The standard InChI is InChI=1S/C7H6O2.C6H2F5N/c8-5-6-3-1-2-4-7(6)9;7-3-1-2-4(12(10)11)6(9)5(3)8/h1-5,9H;1-2H. The van der Waals surface area contributed by atoms with Crippen LogP contribution in [0.4, 0.5) is 27.8 Å². The van der Waals surface area contributed by atoms with E-state index < -0.39 is 28.5 Å². The van der Waals surface area contributed by atoms with Crippen molar-refractivity contribution in [2.75, 3.05) is 5.34 Å². The first-order valence-electron chi connectivity index (χ1n) is 5.36. The first kappa shape index (κ1) is 16.4. The van der Waals surface area contributed by atoms with Gasteiger partial charge in [0.1, 0.15) is 11.4 Å². The van der Waals surface area contributed by atoms with Gasteiger partial charge in [-0.1, -0.05) is 21.1 Å². The van der Waals surface area contributed by atoms with Crippen LogP contribution in [-0.4, -0.2) is 11.4 Å². The number of para-hydroxylation sites is 1. The number of aromatic hydroxyl groups is 1. The number of benzene rings is 2. The number of nitrogens with zero attached hydrogens (tertiary/aromatic N) is 1. The average molecular weight is 305 g/mol. The molecule has 0 heterocycles. The van der Waals surface area contributed by atoms with E-state index in [1.54, 1.807) is 18.2 Å². The van der Waals surface area contributed by atoms with Crippen LogP contribution in [0.25, 0.3) is 0 Å². The van der Waals surface area contributed by atoms with E-state index >= 15 is 0 Å². The predicted octanol–water partition coefficient (Wildman–Crippen LogP) is 3.88. The molecular weight excluding hydrogens is 297 g/mol. The minimum absolute atomic E-state index is 0.0347. The zero-order chi connectivity index (χ0) is 16.0. The minimum Gasteiger partial charge on any atom is -0.507 e. The van der Waals surface area contributed by atoms with Crippen LogP contribution in [0, 0.1) is 17.5 Å². The molecule has 2 aromatic rings. The Balaban J connectivity index is 0.000000219. The first-order chi connectivity index (χ1) is 9.88. The molecule has 2 aromatic carbocycles. The van der Waals surface area contributed by atoms with Crippen LogP contribution in [0.3, 0.4) is 0 Å². The van der Waals surface area contributed by atoms with Gasteiger partial charge in [-0.2, -0.15) is 0 Å². The Bertz CT molecular complexity index is 634. The van der Waals surface area contributed by atoms with Crippen molar-refractivity contribution < 1.29 is 32.0 Å². The number of hydrogen-bond acceptors (Lipinski definition) is 3. The van der Waals surface area contributed by atoms with Crippen molar-refractivity contribution in [3.05, 3.63) is 59.4 Å². The van der Waals surface area contributed by atoms with Crippen LogP contribution in [0.5, 0.6) is 5.75 Å². The van der Waals surface area contributed by atoms with E-state index in [1.165, 1.54) is 6.07 Å². The lowest BCUT2D eigenvalue weighted by molar-refractivity contribution is 0.112. The van der Waals surface area contributed by atoms with Crippen LogP contribution >= 0.6 is 0 Å². The summed E-state index contributed by atoms with van der Waals surface area (Å²) in [6, 6.07) is 7.26. The Hall–Kier alpha value is -2.64. The van der Waals surface area contributed by atoms with Gasteiger partial charge in [-0.05, 0) is 29.6 Å². The maximum atomic E-state index is 12.4. The first-order valence-corrected chi connectivity index (χ1v) is 5.36. The molecule has 8 heteroatoms. The maximum absolute atomic E-state index is 12.4. The van der Waals surface area contributed by atoms with E-state index in [1.807, 2.05) is 0 Å². The molecule has 0 spiro atoms. The van der Waals surface area contributed by atoms with E-state index in [2.05, 4.69) is 0 Å². The predicted molar refractivity (Wildman–Crippen MR) is 64.5 cm³/mol. The average Bonchev–Trinajstić information content (AvgIpc) is 2.46. The molecule has 0 atom stereocenters. The smallest absolute Gasteiger partial charge is 0.196 e. The fourth-order valence-electron chi connectivity index (χ4n) is 1.23. The molecule has 0 bridgehead atoms. The number of phenols is 1. The highest BCUT2D eigenvalue weighted by molar-refractivity contribution is 5.78. The van der Waals surface area contributed by atoms with Crippen LogP contribution < -0.4 is 5.34 Å². The number of rotatable bonds is 2. The zero-order valence-corrected chi connectivity index (χ0v) is 10.2. The van der Waals surface area contributed by atoms with E-state index in [4.69, 9.17) is 5.11 Å². The molecule has 0 aliphatic rings. The highest BCUT2D eigenvalue weighted by Gasteiger charge is 2.17. The number of phenolic OH excluding ortho intramolecular Hbond substituents is 1. The summed E-state index contributed by atoms with van der Waals surface area (Å²) in [6.07, 6.45) is 0.620. The summed E-state index contributed by atoms with van der Waals surface area (Å²) in [6.45, 7) is 0. The van der Waals surface area contributed by atoms with Crippen molar-refractivity contribution in [2.24, 2.45) is 0 Å². The number of aldehydes is 1. The van der Waals surface area contributed by atoms with Gasteiger partial charge in [0, 0.05) is 0 Å². The van der Waals surface area contributed by atoms with Gasteiger partial charge in [0.2, 0.25) is 0 Å². The van der Waals surface area contributed by atoms with Gasteiger partial charge in [-0.3, -0.25) is 4.79 Å². The Morgan fingerprint density at radius 3 is 2.05 bits per heavy atom. The summed E-state index contributed by atoms with van der Waals surface area (Å²) in [5.41, 5.74) is -0.966. The summed E-state index contributed by atoms with van der Waals surface area (Å²) in [4.78, 5) is 10.1. The Kier molecular flexibility index (Phi) is 5.65. The van der Waals surface area contributed by atoms with Crippen LogP contribution in [0.2, 0.25) is 0 Å². The third kappa shape index (κ3) is 4.16. The fourth-order valence-corrected chi connectivity index (χ4v) is 1.23. The monoisotopic (exact) mass is 305 g/mol. The van der Waals surface area contributed by atoms with Crippen LogP contribution in [0.15, 0.2) is 36.4 Å². The van der Waals surface area contributed by atoms with Gasteiger partial charge >= 0.3 is 0 Å². The molecule has 0 aromatic heterocycles. The summed E-state index contributed by atoms with van der Waals surface area (Å²) < 4.78 is 60.1. The quantitative estimate of drug-likeness (QED) is 0.396. The van der Waals surface area contributed by atoms with Gasteiger partial charge in [-0.15, -0.1) is 0 Å². The second-order valence-electron chi connectivity index (χ2n) is 3.60. The lowest BCUT2D eigenvalue weighted by Gasteiger charge is -2.03. The molecule has 0 amide bonds. The Morgan fingerprint density at radius 1 is 0.952 bits per heavy atom. The second-order valence-corrected chi connectivity index (χ2v) is 3.60. The van der Waals surface area contributed by atoms with Gasteiger partial charge < -0.3 is 5.11 Å². The molecule has 112 valence electrons. The zero-order valence-electron chi connectivity index (χ0n) is 10.2. The number of hydrogen-bond donors (Lipinski definition) is 1. The number of anilines is 1. The van der Waals surface area contributed by atoms with Crippen molar-refractivity contribution >= 4 is 12.0 Å². The molecule has 0 saturated carbocycles. The molecule has 3 nitrogen and oxygen atoms in total.